The van der Waals surface area contributed by atoms with Crippen LogP contribution in [0.4, 0.5) is 4.39 Å². The lowest BCUT2D eigenvalue weighted by atomic mass is 9.83. The first-order chi connectivity index (χ1) is 20.8. The van der Waals surface area contributed by atoms with Gasteiger partial charge >= 0.3 is 5.97 Å². The summed E-state index contributed by atoms with van der Waals surface area (Å²) in [5.74, 6) is -0.234. The lowest BCUT2D eigenvalue weighted by Crippen LogP contribution is -2.21. The summed E-state index contributed by atoms with van der Waals surface area (Å²) in [4.78, 5) is 13.1. The monoisotopic (exact) mass is 574 g/mol. The molecule has 0 bridgehead atoms. The van der Waals surface area contributed by atoms with Crippen LogP contribution in [-0.2, 0) is 13.0 Å². The Hall–Kier alpha value is -5.55. The minimum atomic E-state index is -0.633. The molecule has 43 heavy (non-hydrogen) atoms. The van der Waals surface area contributed by atoms with Crippen LogP contribution in [0.1, 0.15) is 51.2 Å². The van der Waals surface area contributed by atoms with Gasteiger partial charge in [0.05, 0.1) is 5.92 Å². The molecule has 1 aliphatic heterocycles. The number of hydrogen-bond acceptors (Lipinski definition) is 7. The zero-order valence-corrected chi connectivity index (χ0v) is 23.5. The summed E-state index contributed by atoms with van der Waals surface area (Å²) in [6, 6.07) is 26.4. The number of hydrogen-bond donors (Lipinski definition) is 1. The lowest BCUT2D eigenvalue weighted by Gasteiger charge is -2.27. The molecule has 0 aliphatic carbocycles. The Morgan fingerprint density at radius 2 is 1.79 bits per heavy atom. The van der Waals surface area contributed by atoms with Gasteiger partial charge in [-0.25, -0.2) is 9.18 Å². The van der Waals surface area contributed by atoms with Crippen LogP contribution >= 0.6 is 0 Å². The molecule has 4 aromatic carbocycles. The number of nitrogens with two attached hydrogens (primary N) is 1. The number of fused-ring (bicyclic) bond motifs is 2. The Labute approximate surface area is 247 Å². The van der Waals surface area contributed by atoms with Gasteiger partial charge in [-0.2, -0.15) is 5.26 Å². The number of carbonyl (C=O) groups is 1. The van der Waals surface area contributed by atoms with E-state index in [0.717, 1.165) is 28.5 Å². The highest BCUT2D eigenvalue weighted by atomic mass is 19.1. The SMILES string of the molecule is CCc1ccc2oc(C(=O)Oc3ccc4c(c3)OC(N)=C(C#N)C4c3cccc(OCc4ccc(F)cc4)c3)c(C)c2c1. The van der Waals surface area contributed by atoms with Crippen molar-refractivity contribution in [2.45, 2.75) is 32.8 Å². The third kappa shape index (κ3) is 5.41. The molecule has 0 fully saturated rings. The maximum atomic E-state index is 13.3. The van der Waals surface area contributed by atoms with Crippen molar-refractivity contribution in [1.82, 2.24) is 0 Å². The quantitative estimate of drug-likeness (QED) is 0.159. The second-order valence-corrected chi connectivity index (χ2v) is 10.2. The molecular weight excluding hydrogens is 547 g/mol. The predicted octanol–water partition coefficient (Wildman–Crippen LogP) is 7.46. The zero-order chi connectivity index (χ0) is 30.1. The summed E-state index contributed by atoms with van der Waals surface area (Å²) >= 11 is 0. The van der Waals surface area contributed by atoms with Crippen LogP contribution < -0.4 is 19.9 Å². The molecule has 8 heteroatoms. The highest BCUT2D eigenvalue weighted by Crippen LogP contribution is 2.44. The number of nitriles is 1. The molecule has 2 heterocycles. The van der Waals surface area contributed by atoms with Gasteiger partial charge in [0.2, 0.25) is 11.6 Å². The molecule has 6 rings (SSSR count). The van der Waals surface area contributed by atoms with Gasteiger partial charge in [-0.3, -0.25) is 0 Å². The summed E-state index contributed by atoms with van der Waals surface area (Å²) in [5.41, 5.74) is 11.2. The van der Waals surface area contributed by atoms with Gasteiger partial charge in [-0.1, -0.05) is 43.3 Å². The van der Waals surface area contributed by atoms with E-state index in [-0.39, 0.29) is 35.4 Å². The molecule has 1 atom stereocenters. The Morgan fingerprint density at radius 3 is 2.56 bits per heavy atom. The fourth-order valence-corrected chi connectivity index (χ4v) is 5.21. The average Bonchev–Trinajstić information content (AvgIpc) is 3.35. The minimum absolute atomic E-state index is 0.0408. The summed E-state index contributed by atoms with van der Waals surface area (Å²) in [6.45, 7) is 4.14. The number of rotatable bonds is 7. The van der Waals surface area contributed by atoms with E-state index in [2.05, 4.69) is 13.0 Å². The van der Waals surface area contributed by atoms with Crippen molar-refractivity contribution in [3.05, 3.63) is 136 Å². The largest absolute Gasteiger partial charge is 0.489 e. The van der Waals surface area contributed by atoms with E-state index in [1.807, 2.05) is 43.3 Å². The number of carbonyl (C=O) groups excluding carboxylic acids is 1. The molecule has 2 N–H and O–H groups in total. The average molecular weight is 575 g/mol. The van der Waals surface area contributed by atoms with Crippen LogP contribution in [0.5, 0.6) is 17.2 Å². The standard InChI is InChI=1S/C35H27FN2O5/c1-3-21-9-14-30-28(15-21)20(2)33(42-30)35(39)41-26-12-13-27-31(17-26)43-34(38)29(18-37)32(27)23-5-4-6-25(16-23)40-19-22-7-10-24(36)11-8-22/h4-17,32H,3,19,38H2,1-2H3. The topological polar surface area (TPSA) is 108 Å². The molecule has 7 nitrogen and oxygen atoms in total. The lowest BCUT2D eigenvalue weighted by molar-refractivity contribution is 0.0702. The molecule has 1 aromatic heterocycles. The van der Waals surface area contributed by atoms with Crippen LogP contribution in [0, 0.1) is 24.1 Å². The second kappa shape index (κ2) is 11.4. The van der Waals surface area contributed by atoms with Gasteiger partial charge in [0.15, 0.2) is 0 Å². The molecule has 214 valence electrons. The number of nitrogens with zero attached hydrogens (tertiary/aromatic N) is 1. The summed E-state index contributed by atoms with van der Waals surface area (Å²) in [7, 11) is 0. The molecule has 0 spiro atoms. The summed E-state index contributed by atoms with van der Waals surface area (Å²) in [6.07, 6.45) is 0.870. The first-order valence-electron chi connectivity index (χ1n) is 13.8. The van der Waals surface area contributed by atoms with Crippen molar-refractivity contribution in [3.63, 3.8) is 0 Å². The maximum Gasteiger partial charge on any atom is 0.379 e. The Kier molecular flexibility index (Phi) is 7.31. The fourth-order valence-electron chi connectivity index (χ4n) is 5.21. The first kappa shape index (κ1) is 27.6. The molecule has 1 aliphatic rings. The highest BCUT2D eigenvalue weighted by molar-refractivity contribution is 5.97. The van der Waals surface area contributed by atoms with Gasteiger partial charge in [-0.15, -0.1) is 0 Å². The second-order valence-electron chi connectivity index (χ2n) is 10.2. The number of furan rings is 1. The Morgan fingerprint density at radius 1 is 1.00 bits per heavy atom. The molecule has 0 saturated heterocycles. The number of esters is 1. The van der Waals surface area contributed by atoms with Crippen LogP contribution in [0.2, 0.25) is 0 Å². The van der Waals surface area contributed by atoms with Gasteiger partial charge in [0.1, 0.15) is 46.9 Å². The van der Waals surface area contributed by atoms with E-state index < -0.39 is 11.9 Å². The van der Waals surface area contributed by atoms with Crippen molar-refractivity contribution in [3.8, 4) is 23.3 Å². The van der Waals surface area contributed by atoms with Crippen LogP contribution in [0.3, 0.4) is 0 Å². The molecule has 5 aromatic rings. The van der Waals surface area contributed by atoms with E-state index in [1.54, 1.807) is 36.4 Å². The van der Waals surface area contributed by atoms with Gasteiger partial charge < -0.3 is 24.4 Å². The van der Waals surface area contributed by atoms with E-state index in [0.29, 0.717) is 28.2 Å². The van der Waals surface area contributed by atoms with E-state index in [9.17, 15) is 14.4 Å². The number of ether oxygens (including phenoxy) is 3. The molecule has 0 radical (unpaired) electrons. The number of halogens is 1. The third-order valence-corrected chi connectivity index (χ3v) is 7.51. The summed E-state index contributed by atoms with van der Waals surface area (Å²) in [5, 5.41) is 10.8. The van der Waals surface area contributed by atoms with Gasteiger partial charge in [0.25, 0.3) is 0 Å². The molecule has 0 saturated carbocycles. The van der Waals surface area contributed by atoms with E-state index in [4.69, 9.17) is 24.4 Å². The highest BCUT2D eigenvalue weighted by Gasteiger charge is 2.31. The summed E-state index contributed by atoms with van der Waals surface area (Å²) < 4.78 is 36.5. The number of aryl methyl sites for hydroxylation is 2. The Balaban J connectivity index is 1.27. The molecule has 1 unspecified atom stereocenters. The van der Waals surface area contributed by atoms with Crippen LogP contribution in [0.15, 0.2) is 101 Å². The number of allylic oxidation sites excluding steroid dienone is 1. The van der Waals surface area contributed by atoms with Crippen molar-refractivity contribution >= 4 is 16.9 Å². The van der Waals surface area contributed by atoms with Crippen molar-refractivity contribution < 1.29 is 27.8 Å². The van der Waals surface area contributed by atoms with Crippen LogP contribution in [-0.4, -0.2) is 5.97 Å². The van der Waals surface area contributed by atoms with Gasteiger partial charge in [0, 0.05) is 22.6 Å². The molecular formula is C35H27FN2O5. The van der Waals surface area contributed by atoms with Crippen molar-refractivity contribution in [1.29, 1.82) is 5.26 Å². The third-order valence-electron chi connectivity index (χ3n) is 7.51. The van der Waals surface area contributed by atoms with Crippen molar-refractivity contribution in [2.75, 3.05) is 0 Å². The molecule has 0 amide bonds. The van der Waals surface area contributed by atoms with Gasteiger partial charge in [-0.05, 0) is 72.5 Å². The Bertz CT molecular complexity index is 1930. The smallest absolute Gasteiger partial charge is 0.379 e. The first-order valence-corrected chi connectivity index (χ1v) is 13.8. The zero-order valence-electron chi connectivity index (χ0n) is 23.5. The predicted molar refractivity (Wildman–Crippen MR) is 158 cm³/mol. The normalized spacial score (nSPS) is 14.1. The fraction of sp³-hybridized carbons (Fsp3) is 0.143. The van der Waals surface area contributed by atoms with E-state index in [1.165, 1.54) is 12.1 Å². The van der Waals surface area contributed by atoms with Crippen LogP contribution in [0.25, 0.3) is 11.0 Å². The number of benzene rings is 4. The maximum absolute atomic E-state index is 13.3. The van der Waals surface area contributed by atoms with E-state index >= 15 is 0 Å². The van der Waals surface area contributed by atoms with Crippen molar-refractivity contribution in [2.24, 2.45) is 5.73 Å². The minimum Gasteiger partial charge on any atom is -0.489 e.